The topological polar surface area (TPSA) is 67.2 Å². The van der Waals surface area contributed by atoms with Gasteiger partial charge in [-0.3, -0.25) is 9.48 Å². The van der Waals surface area contributed by atoms with E-state index >= 15 is 0 Å². The molecule has 2 rings (SSSR count). The molecule has 0 unspecified atom stereocenters. The predicted octanol–water partition coefficient (Wildman–Crippen LogP) is 1.83. The van der Waals surface area contributed by atoms with Gasteiger partial charge in [-0.2, -0.15) is 5.10 Å². The molecule has 0 atom stereocenters. The number of nitrogens with one attached hydrogen (secondary N) is 1. The summed E-state index contributed by atoms with van der Waals surface area (Å²) in [4.78, 5) is 12.1. The number of hydrogen-bond donors (Lipinski definition) is 2. The molecule has 1 saturated carbocycles. The van der Waals surface area contributed by atoms with E-state index in [-0.39, 0.29) is 19.1 Å². The minimum absolute atomic E-state index is 0.0204. The Balaban J connectivity index is 1.94. The summed E-state index contributed by atoms with van der Waals surface area (Å²) in [6, 6.07) is 0.319. The molecule has 5 heteroatoms. The van der Waals surface area contributed by atoms with Gasteiger partial charge in [0.2, 0.25) is 5.91 Å². The Labute approximate surface area is 120 Å². The van der Waals surface area contributed by atoms with E-state index in [2.05, 4.69) is 10.4 Å². The molecule has 1 aliphatic rings. The Bertz CT molecular complexity index is 460. The van der Waals surface area contributed by atoms with Crippen molar-refractivity contribution in [2.24, 2.45) is 0 Å². The fraction of sp³-hybridized carbons (Fsp3) is 0.733. The van der Waals surface area contributed by atoms with Crippen LogP contribution in [0.25, 0.3) is 0 Å². The maximum absolute atomic E-state index is 12.1. The molecule has 1 amide bonds. The standard InChI is InChI=1S/C15H25N3O2/c1-11-14(10-19)12(2)18(17-11)9-15(20)16-13-7-5-3-4-6-8-13/h13,19H,3-10H2,1-2H3,(H,16,20). The van der Waals surface area contributed by atoms with E-state index in [1.807, 2.05) is 13.8 Å². The van der Waals surface area contributed by atoms with Crippen molar-refractivity contribution in [3.63, 3.8) is 0 Å². The van der Waals surface area contributed by atoms with Gasteiger partial charge in [0.1, 0.15) is 6.54 Å². The van der Waals surface area contributed by atoms with Crippen LogP contribution in [0.1, 0.15) is 55.5 Å². The summed E-state index contributed by atoms with van der Waals surface area (Å²) in [5.74, 6) is 0.0204. The molecule has 112 valence electrons. The van der Waals surface area contributed by atoms with E-state index in [0.29, 0.717) is 6.04 Å². The summed E-state index contributed by atoms with van der Waals surface area (Å²) in [6.07, 6.45) is 7.15. The molecule has 1 aromatic rings. The van der Waals surface area contributed by atoms with Crippen LogP contribution in [0, 0.1) is 13.8 Å². The largest absolute Gasteiger partial charge is 0.392 e. The number of aryl methyl sites for hydroxylation is 1. The lowest BCUT2D eigenvalue weighted by Crippen LogP contribution is -2.37. The average Bonchev–Trinajstić information content (AvgIpc) is 2.60. The number of aliphatic hydroxyl groups excluding tert-OH is 1. The van der Waals surface area contributed by atoms with Gasteiger partial charge in [0.25, 0.3) is 0 Å². The number of hydrogen-bond acceptors (Lipinski definition) is 3. The summed E-state index contributed by atoms with van der Waals surface area (Å²) in [5, 5.41) is 16.7. The lowest BCUT2D eigenvalue weighted by Gasteiger charge is -2.16. The second-order valence-corrected chi connectivity index (χ2v) is 5.72. The van der Waals surface area contributed by atoms with Crippen LogP contribution in [0.2, 0.25) is 0 Å². The number of rotatable bonds is 4. The summed E-state index contributed by atoms with van der Waals surface area (Å²) in [5.41, 5.74) is 2.50. The van der Waals surface area contributed by atoms with Crippen LogP contribution in [0.15, 0.2) is 0 Å². The van der Waals surface area contributed by atoms with Gasteiger partial charge >= 0.3 is 0 Å². The van der Waals surface area contributed by atoms with Crippen molar-refractivity contribution in [1.29, 1.82) is 0 Å². The quantitative estimate of drug-likeness (QED) is 0.826. The molecule has 1 heterocycles. The number of carbonyl (C=O) groups is 1. The van der Waals surface area contributed by atoms with E-state index in [1.54, 1.807) is 4.68 Å². The number of nitrogens with zero attached hydrogens (tertiary/aromatic N) is 2. The monoisotopic (exact) mass is 279 g/mol. The van der Waals surface area contributed by atoms with Crippen molar-refractivity contribution in [2.45, 2.75) is 71.6 Å². The molecule has 1 fully saturated rings. The average molecular weight is 279 g/mol. The number of carbonyl (C=O) groups excluding carboxylic acids is 1. The zero-order chi connectivity index (χ0) is 14.5. The van der Waals surface area contributed by atoms with Crippen molar-refractivity contribution >= 4 is 5.91 Å². The molecule has 0 radical (unpaired) electrons. The van der Waals surface area contributed by atoms with Crippen LogP contribution in [0.5, 0.6) is 0 Å². The fourth-order valence-corrected chi connectivity index (χ4v) is 2.95. The van der Waals surface area contributed by atoms with Gasteiger partial charge < -0.3 is 10.4 Å². The second kappa shape index (κ2) is 6.88. The highest BCUT2D eigenvalue weighted by atomic mass is 16.3. The highest BCUT2D eigenvalue weighted by molar-refractivity contribution is 5.76. The minimum Gasteiger partial charge on any atom is -0.392 e. The maximum atomic E-state index is 12.1. The SMILES string of the molecule is Cc1nn(CC(=O)NC2CCCCCC2)c(C)c1CO. The van der Waals surface area contributed by atoms with Gasteiger partial charge in [-0.15, -0.1) is 0 Å². The molecule has 0 aliphatic heterocycles. The highest BCUT2D eigenvalue weighted by Gasteiger charge is 2.17. The molecule has 20 heavy (non-hydrogen) atoms. The second-order valence-electron chi connectivity index (χ2n) is 5.72. The first-order chi connectivity index (χ1) is 9.61. The molecule has 0 aromatic carbocycles. The third-order valence-corrected chi connectivity index (χ3v) is 4.20. The molecule has 2 N–H and O–H groups in total. The lowest BCUT2D eigenvalue weighted by atomic mass is 10.1. The zero-order valence-corrected chi connectivity index (χ0v) is 12.5. The summed E-state index contributed by atoms with van der Waals surface area (Å²) >= 11 is 0. The Morgan fingerprint density at radius 3 is 2.50 bits per heavy atom. The van der Waals surface area contributed by atoms with E-state index in [0.717, 1.165) is 29.8 Å². The number of aromatic nitrogens is 2. The van der Waals surface area contributed by atoms with Crippen molar-refractivity contribution in [2.75, 3.05) is 0 Å². The molecule has 0 saturated heterocycles. The van der Waals surface area contributed by atoms with E-state index in [1.165, 1.54) is 25.7 Å². The predicted molar refractivity (Wildman–Crippen MR) is 77.3 cm³/mol. The number of amides is 1. The molecular weight excluding hydrogens is 254 g/mol. The summed E-state index contributed by atoms with van der Waals surface area (Å²) in [6.45, 7) is 3.97. The Kier molecular flexibility index (Phi) is 5.17. The van der Waals surface area contributed by atoms with Crippen molar-refractivity contribution in [3.05, 3.63) is 17.0 Å². The third-order valence-electron chi connectivity index (χ3n) is 4.20. The van der Waals surface area contributed by atoms with Gasteiger partial charge in [-0.25, -0.2) is 0 Å². The molecule has 1 aromatic heterocycles. The Morgan fingerprint density at radius 2 is 1.95 bits per heavy atom. The van der Waals surface area contributed by atoms with Crippen LogP contribution in [0.3, 0.4) is 0 Å². The first-order valence-corrected chi connectivity index (χ1v) is 7.55. The fourth-order valence-electron chi connectivity index (χ4n) is 2.95. The maximum Gasteiger partial charge on any atom is 0.241 e. The van der Waals surface area contributed by atoms with E-state index in [4.69, 9.17) is 0 Å². The van der Waals surface area contributed by atoms with Gasteiger partial charge in [-0.05, 0) is 26.7 Å². The lowest BCUT2D eigenvalue weighted by molar-refractivity contribution is -0.122. The molecular formula is C15H25N3O2. The molecule has 5 nitrogen and oxygen atoms in total. The molecule has 0 spiro atoms. The van der Waals surface area contributed by atoms with Gasteiger partial charge in [0, 0.05) is 17.3 Å². The number of aliphatic hydroxyl groups is 1. The van der Waals surface area contributed by atoms with E-state index < -0.39 is 0 Å². The Morgan fingerprint density at radius 1 is 1.30 bits per heavy atom. The molecule has 1 aliphatic carbocycles. The van der Waals surface area contributed by atoms with Gasteiger partial charge in [-0.1, -0.05) is 25.7 Å². The van der Waals surface area contributed by atoms with E-state index in [9.17, 15) is 9.90 Å². The first kappa shape index (κ1) is 15.0. The molecule has 0 bridgehead atoms. The Hall–Kier alpha value is -1.36. The summed E-state index contributed by atoms with van der Waals surface area (Å²) in [7, 11) is 0. The van der Waals surface area contributed by atoms with Crippen LogP contribution in [-0.2, 0) is 17.9 Å². The van der Waals surface area contributed by atoms with Crippen molar-refractivity contribution in [3.8, 4) is 0 Å². The van der Waals surface area contributed by atoms with Crippen LogP contribution < -0.4 is 5.32 Å². The minimum atomic E-state index is -0.0259. The zero-order valence-electron chi connectivity index (χ0n) is 12.5. The van der Waals surface area contributed by atoms with Gasteiger partial charge in [0.15, 0.2) is 0 Å². The van der Waals surface area contributed by atoms with Crippen molar-refractivity contribution < 1.29 is 9.90 Å². The van der Waals surface area contributed by atoms with Gasteiger partial charge in [0.05, 0.1) is 12.3 Å². The third kappa shape index (κ3) is 3.60. The first-order valence-electron chi connectivity index (χ1n) is 7.55. The highest BCUT2D eigenvalue weighted by Crippen LogP contribution is 2.17. The smallest absolute Gasteiger partial charge is 0.241 e. The van der Waals surface area contributed by atoms with Crippen molar-refractivity contribution in [1.82, 2.24) is 15.1 Å². The van der Waals surface area contributed by atoms with Crippen LogP contribution >= 0.6 is 0 Å². The summed E-state index contributed by atoms with van der Waals surface area (Å²) < 4.78 is 1.69. The van der Waals surface area contributed by atoms with Crippen LogP contribution in [0.4, 0.5) is 0 Å². The normalized spacial score (nSPS) is 16.9. The van der Waals surface area contributed by atoms with Crippen LogP contribution in [-0.4, -0.2) is 26.8 Å².